The fourth-order valence-electron chi connectivity index (χ4n) is 2.84. The smallest absolute Gasteiger partial charge is 0.237 e. The maximum atomic E-state index is 13.6. The van der Waals surface area contributed by atoms with Crippen molar-refractivity contribution in [1.29, 1.82) is 0 Å². The van der Waals surface area contributed by atoms with Gasteiger partial charge in [-0.3, -0.25) is 4.72 Å². The van der Waals surface area contributed by atoms with E-state index in [4.69, 9.17) is 4.74 Å². The quantitative estimate of drug-likeness (QED) is 0.855. The van der Waals surface area contributed by atoms with Crippen molar-refractivity contribution in [2.75, 3.05) is 4.72 Å². The first kappa shape index (κ1) is 16.8. The fraction of sp³-hybridized carbons (Fsp3) is 0.333. The highest BCUT2D eigenvalue weighted by molar-refractivity contribution is 7.91. The van der Waals surface area contributed by atoms with Gasteiger partial charge in [-0.2, -0.15) is 0 Å². The topological polar surface area (TPSA) is 55.4 Å². The van der Waals surface area contributed by atoms with E-state index in [9.17, 15) is 12.8 Å². The number of nitrogens with one attached hydrogen (secondary N) is 1. The lowest BCUT2D eigenvalue weighted by molar-refractivity contribution is 0.210. The molecule has 24 heavy (non-hydrogen) atoms. The van der Waals surface area contributed by atoms with Gasteiger partial charge in [0.2, 0.25) is 10.0 Å². The largest absolute Gasteiger partial charge is 0.490 e. The van der Waals surface area contributed by atoms with Crippen LogP contribution in [-0.2, 0) is 15.8 Å². The van der Waals surface area contributed by atoms with Crippen LogP contribution in [0.4, 0.5) is 10.1 Å². The van der Waals surface area contributed by atoms with Crippen LogP contribution in [0.5, 0.6) is 5.75 Å². The second-order valence-corrected chi connectivity index (χ2v) is 7.72. The molecule has 0 amide bonds. The van der Waals surface area contributed by atoms with Crippen molar-refractivity contribution in [3.63, 3.8) is 0 Å². The maximum absolute atomic E-state index is 13.6. The van der Waals surface area contributed by atoms with Gasteiger partial charge in [0.15, 0.2) is 0 Å². The number of sulfonamides is 1. The molecular formula is C18H20FNO3S. The van der Waals surface area contributed by atoms with E-state index in [2.05, 4.69) is 4.72 Å². The Labute approximate surface area is 141 Å². The van der Waals surface area contributed by atoms with E-state index in [0.29, 0.717) is 5.69 Å². The highest BCUT2D eigenvalue weighted by Crippen LogP contribution is 2.25. The summed E-state index contributed by atoms with van der Waals surface area (Å²) in [5.41, 5.74) is 0.580. The van der Waals surface area contributed by atoms with Gasteiger partial charge in [0.1, 0.15) is 11.6 Å². The van der Waals surface area contributed by atoms with Crippen molar-refractivity contribution >= 4 is 15.7 Å². The van der Waals surface area contributed by atoms with Crippen molar-refractivity contribution in [2.24, 2.45) is 0 Å². The number of benzene rings is 2. The molecule has 1 fully saturated rings. The molecule has 0 saturated heterocycles. The van der Waals surface area contributed by atoms with Crippen LogP contribution in [0.25, 0.3) is 0 Å². The molecule has 0 aromatic heterocycles. The van der Waals surface area contributed by atoms with Crippen LogP contribution in [0.2, 0.25) is 0 Å². The van der Waals surface area contributed by atoms with Gasteiger partial charge in [0.05, 0.1) is 11.9 Å². The molecule has 1 aliphatic carbocycles. The van der Waals surface area contributed by atoms with E-state index in [1.807, 2.05) is 0 Å². The van der Waals surface area contributed by atoms with Gasteiger partial charge >= 0.3 is 0 Å². The predicted octanol–water partition coefficient (Wildman–Crippen LogP) is 4.09. The first-order valence-electron chi connectivity index (χ1n) is 8.02. The maximum Gasteiger partial charge on any atom is 0.237 e. The SMILES string of the molecule is O=S(=O)(Cc1ccccc1F)Nc1ccc(OC2CCCC2)cc1. The van der Waals surface area contributed by atoms with Crippen LogP contribution < -0.4 is 9.46 Å². The molecular weight excluding hydrogens is 329 g/mol. The van der Waals surface area contributed by atoms with Crippen LogP contribution in [0, 0.1) is 5.82 Å². The minimum atomic E-state index is -3.68. The Balaban J connectivity index is 1.63. The summed E-state index contributed by atoms with van der Waals surface area (Å²) in [6.45, 7) is 0. The van der Waals surface area contributed by atoms with Gasteiger partial charge in [-0.15, -0.1) is 0 Å². The number of halogens is 1. The summed E-state index contributed by atoms with van der Waals surface area (Å²) in [4.78, 5) is 0. The van der Waals surface area contributed by atoms with Crippen LogP contribution in [-0.4, -0.2) is 14.5 Å². The zero-order chi connectivity index (χ0) is 17.0. The third kappa shape index (κ3) is 4.47. The Bertz CT molecular complexity index is 784. The minimum Gasteiger partial charge on any atom is -0.490 e. The molecule has 128 valence electrons. The molecule has 0 radical (unpaired) electrons. The first-order chi connectivity index (χ1) is 11.5. The Morgan fingerprint density at radius 1 is 1.04 bits per heavy atom. The molecule has 0 spiro atoms. The van der Waals surface area contributed by atoms with Crippen molar-refractivity contribution in [1.82, 2.24) is 0 Å². The standard InChI is InChI=1S/C18H20FNO3S/c19-18-8-4-1-5-14(18)13-24(21,22)20-15-9-11-17(12-10-15)23-16-6-2-3-7-16/h1,4-5,8-12,16,20H,2-3,6-7,13H2. The zero-order valence-corrected chi connectivity index (χ0v) is 14.1. The number of rotatable bonds is 6. The van der Waals surface area contributed by atoms with E-state index in [1.165, 1.54) is 31.0 Å². The first-order valence-corrected chi connectivity index (χ1v) is 9.68. The van der Waals surface area contributed by atoms with Crippen LogP contribution in [0.15, 0.2) is 48.5 Å². The van der Waals surface area contributed by atoms with E-state index in [1.54, 1.807) is 30.3 Å². The summed E-state index contributed by atoms with van der Waals surface area (Å²) in [6, 6.07) is 12.7. The predicted molar refractivity (Wildman–Crippen MR) is 92.0 cm³/mol. The van der Waals surface area contributed by atoms with Crippen LogP contribution in [0.3, 0.4) is 0 Å². The summed E-state index contributed by atoms with van der Waals surface area (Å²) in [5.74, 6) is -0.192. The molecule has 0 heterocycles. The second kappa shape index (κ2) is 7.21. The molecule has 1 saturated carbocycles. The minimum absolute atomic E-state index is 0.145. The molecule has 4 nitrogen and oxygen atoms in total. The highest BCUT2D eigenvalue weighted by Gasteiger charge is 2.17. The molecule has 1 aliphatic rings. The van der Waals surface area contributed by atoms with Crippen LogP contribution in [0.1, 0.15) is 31.2 Å². The summed E-state index contributed by atoms with van der Waals surface area (Å²) in [7, 11) is -3.68. The molecule has 0 bridgehead atoms. The summed E-state index contributed by atoms with van der Waals surface area (Å²) >= 11 is 0. The van der Waals surface area contributed by atoms with Gasteiger partial charge in [0, 0.05) is 11.3 Å². The summed E-state index contributed by atoms with van der Waals surface area (Å²) in [6.07, 6.45) is 4.78. The molecule has 6 heteroatoms. The zero-order valence-electron chi connectivity index (χ0n) is 13.2. The third-order valence-corrected chi connectivity index (χ3v) is 5.27. The molecule has 2 aromatic rings. The molecule has 1 N–H and O–H groups in total. The number of anilines is 1. The lowest BCUT2D eigenvalue weighted by Crippen LogP contribution is -2.16. The number of hydrogen-bond acceptors (Lipinski definition) is 3. The fourth-order valence-corrected chi connectivity index (χ4v) is 4.05. The third-order valence-electron chi connectivity index (χ3n) is 4.04. The van der Waals surface area contributed by atoms with E-state index in [-0.39, 0.29) is 11.7 Å². The Hall–Kier alpha value is -2.08. The van der Waals surface area contributed by atoms with Gasteiger partial charge < -0.3 is 4.74 Å². The lowest BCUT2D eigenvalue weighted by Gasteiger charge is -2.14. The molecule has 0 atom stereocenters. The summed E-state index contributed by atoms with van der Waals surface area (Å²) in [5, 5.41) is 0. The lowest BCUT2D eigenvalue weighted by atomic mass is 10.2. The molecule has 3 rings (SSSR count). The average molecular weight is 349 g/mol. The molecule has 2 aromatic carbocycles. The Kier molecular flexibility index (Phi) is 5.04. The monoisotopic (exact) mass is 349 g/mol. The van der Waals surface area contributed by atoms with Gasteiger partial charge in [-0.1, -0.05) is 18.2 Å². The van der Waals surface area contributed by atoms with Gasteiger partial charge in [0.25, 0.3) is 0 Å². The number of ether oxygens (including phenoxy) is 1. The van der Waals surface area contributed by atoms with E-state index >= 15 is 0 Å². The van der Waals surface area contributed by atoms with Crippen molar-refractivity contribution < 1.29 is 17.5 Å². The second-order valence-electron chi connectivity index (χ2n) is 6.00. The van der Waals surface area contributed by atoms with Crippen LogP contribution >= 0.6 is 0 Å². The van der Waals surface area contributed by atoms with Gasteiger partial charge in [-0.25, -0.2) is 12.8 Å². The van der Waals surface area contributed by atoms with Gasteiger partial charge in [-0.05, 0) is 56.0 Å². The molecule has 0 aliphatic heterocycles. The molecule has 0 unspecified atom stereocenters. The Morgan fingerprint density at radius 3 is 2.38 bits per heavy atom. The Morgan fingerprint density at radius 2 is 1.71 bits per heavy atom. The van der Waals surface area contributed by atoms with Crippen molar-refractivity contribution in [2.45, 2.75) is 37.5 Å². The van der Waals surface area contributed by atoms with Crippen molar-refractivity contribution in [3.8, 4) is 5.75 Å². The van der Waals surface area contributed by atoms with E-state index in [0.717, 1.165) is 18.6 Å². The average Bonchev–Trinajstić information content (AvgIpc) is 3.04. The number of hydrogen-bond donors (Lipinski definition) is 1. The van der Waals surface area contributed by atoms with Crippen molar-refractivity contribution in [3.05, 3.63) is 59.9 Å². The summed E-state index contributed by atoms with van der Waals surface area (Å²) < 4.78 is 46.3. The van der Waals surface area contributed by atoms with E-state index < -0.39 is 21.6 Å². The normalized spacial score (nSPS) is 15.4. The highest BCUT2D eigenvalue weighted by atomic mass is 32.2.